The zero-order chi connectivity index (χ0) is 15.5. The molecule has 0 saturated heterocycles. The van der Waals surface area contributed by atoms with Gasteiger partial charge < -0.3 is 5.73 Å². The van der Waals surface area contributed by atoms with Crippen LogP contribution in [0.3, 0.4) is 0 Å². The van der Waals surface area contributed by atoms with Gasteiger partial charge in [-0.3, -0.25) is 10.4 Å². The van der Waals surface area contributed by atoms with Gasteiger partial charge >= 0.3 is 0 Å². The molecule has 22 heavy (non-hydrogen) atoms. The summed E-state index contributed by atoms with van der Waals surface area (Å²) in [7, 11) is 0. The number of hydrogen-bond donors (Lipinski definition) is 3. The van der Waals surface area contributed by atoms with E-state index in [0.717, 1.165) is 17.7 Å². The zero-order valence-electron chi connectivity index (χ0n) is 11.8. The van der Waals surface area contributed by atoms with E-state index in [0.29, 0.717) is 11.3 Å². The van der Waals surface area contributed by atoms with E-state index in [1.807, 2.05) is 24.5 Å². The lowest BCUT2D eigenvalue weighted by molar-refractivity contribution is 1.09. The molecule has 4 N–H and O–H groups in total. The Kier molecular flexibility index (Phi) is 4.02. The molecule has 0 amide bonds. The molecule has 0 bridgehead atoms. The van der Waals surface area contributed by atoms with E-state index in [4.69, 9.17) is 16.7 Å². The number of fused-ring (bicyclic) bond motifs is 1. The predicted molar refractivity (Wildman–Crippen MR) is 89.3 cm³/mol. The van der Waals surface area contributed by atoms with Crippen molar-refractivity contribution in [3.8, 4) is 0 Å². The molecule has 1 aliphatic carbocycles. The number of pyridine rings is 1. The van der Waals surface area contributed by atoms with Crippen LogP contribution in [0.1, 0.15) is 18.4 Å². The smallest absolute Gasteiger partial charge is 0.173 e. The van der Waals surface area contributed by atoms with Gasteiger partial charge in [0.05, 0.1) is 0 Å². The van der Waals surface area contributed by atoms with E-state index in [9.17, 15) is 0 Å². The first kappa shape index (κ1) is 14.5. The van der Waals surface area contributed by atoms with Crippen molar-refractivity contribution in [2.45, 2.75) is 17.7 Å². The Morgan fingerprint density at radius 3 is 2.95 bits per heavy atom. The summed E-state index contributed by atoms with van der Waals surface area (Å²) in [6, 6.07) is 7.40. The van der Waals surface area contributed by atoms with Crippen molar-refractivity contribution in [1.82, 2.24) is 4.98 Å². The van der Waals surface area contributed by atoms with Gasteiger partial charge in [-0.25, -0.2) is 5.53 Å². The van der Waals surface area contributed by atoms with Gasteiger partial charge in [-0.1, -0.05) is 17.8 Å². The normalized spacial score (nSPS) is 13.2. The van der Waals surface area contributed by atoms with Crippen LogP contribution in [-0.4, -0.2) is 10.8 Å². The Labute approximate surface area is 132 Å². The van der Waals surface area contributed by atoms with E-state index < -0.39 is 0 Å². The summed E-state index contributed by atoms with van der Waals surface area (Å²) >= 11 is 1.66. The fraction of sp³-hybridized carbons (Fsp3) is 0.125. The number of aromatic nitrogens is 1. The largest absolute Gasteiger partial charge is 0.398 e. The van der Waals surface area contributed by atoms with Crippen LogP contribution in [0.25, 0.3) is 11.0 Å². The van der Waals surface area contributed by atoms with Gasteiger partial charge in [0.15, 0.2) is 5.84 Å². The summed E-state index contributed by atoms with van der Waals surface area (Å²) in [4.78, 5) is 6.40. The topological polar surface area (TPSA) is 99.0 Å². The van der Waals surface area contributed by atoms with Crippen LogP contribution in [0.4, 0.5) is 5.69 Å². The lowest BCUT2D eigenvalue weighted by Crippen LogP contribution is -2.28. The van der Waals surface area contributed by atoms with Crippen LogP contribution in [0.5, 0.6) is 0 Å². The Morgan fingerprint density at radius 1 is 1.32 bits per heavy atom. The molecule has 0 spiro atoms. The van der Waals surface area contributed by atoms with Crippen LogP contribution in [0.2, 0.25) is 0 Å². The minimum Gasteiger partial charge on any atom is -0.398 e. The number of amidine groups is 1. The first-order valence-corrected chi connectivity index (χ1v) is 7.68. The average molecular weight is 309 g/mol. The quantitative estimate of drug-likeness (QED) is 0.351. The van der Waals surface area contributed by atoms with E-state index in [1.165, 1.54) is 15.3 Å². The van der Waals surface area contributed by atoms with Gasteiger partial charge in [-0.05, 0) is 52.4 Å². The van der Waals surface area contributed by atoms with Crippen molar-refractivity contribution < 1.29 is 0 Å². The summed E-state index contributed by atoms with van der Waals surface area (Å²) < 4.78 is 0. The maximum atomic E-state index is 7.56. The van der Waals surface area contributed by atoms with E-state index in [-0.39, 0.29) is 5.84 Å². The van der Waals surface area contributed by atoms with Crippen molar-refractivity contribution in [2.75, 3.05) is 5.73 Å². The molecule has 1 aromatic heterocycles. The minimum atomic E-state index is -0.0837. The first-order valence-electron chi connectivity index (χ1n) is 6.86. The molecule has 0 unspecified atom stereocenters. The zero-order valence-corrected chi connectivity index (χ0v) is 12.7. The molecular weight excluding hydrogens is 294 g/mol. The number of hydrogen-bond acceptors (Lipinski definition) is 5. The first-order chi connectivity index (χ1) is 10.7. The number of rotatable bonds is 3. The van der Waals surface area contributed by atoms with Crippen LogP contribution >= 0.6 is 11.8 Å². The SMILES string of the molecule is N=NC(=N)c1ccc(SC2=c3ccncc3=CCC2)c(N)c1. The monoisotopic (exact) mass is 309 g/mol. The third kappa shape index (κ3) is 2.78. The van der Waals surface area contributed by atoms with Gasteiger partial charge in [-0.15, -0.1) is 5.11 Å². The number of anilines is 1. The number of thioether (sulfide) groups is 1. The Hall–Kier alpha value is -2.47. The number of nitrogens with two attached hydrogens (primary N) is 1. The third-order valence-electron chi connectivity index (χ3n) is 3.52. The molecule has 5 nitrogen and oxygen atoms in total. The highest BCUT2D eigenvalue weighted by molar-refractivity contribution is 8.08. The van der Waals surface area contributed by atoms with Gasteiger partial charge in [0.1, 0.15) is 0 Å². The van der Waals surface area contributed by atoms with E-state index in [1.54, 1.807) is 23.9 Å². The highest BCUT2D eigenvalue weighted by atomic mass is 32.2. The Bertz CT molecular complexity index is 872. The van der Waals surface area contributed by atoms with Gasteiger partial charge in [0.2, 0.25) is 0 Å². The van der Waals surface area contributed by atoms with Crippen molar-refractivity contribution in [1.29, 1.82) is 10.9 Å². The Balaban J connectivity index is 1.99. The van der Waals surface area contributed by atoms with Crippen LogP contribution in [-0.2, 0) is 0 Å². The summed E-state index contributed by atoms with van der Waals surface area (Å²) in [6.07, 6.45) is 7.89. The van der Waals surface area contributed by atoms with Gasteiger partial charge in [0, 0.05) is 28.5 Å². The molecule has 1 aliphatic rings. The molecule has 2 aromatic rings. The predicted octanol–water partition coefficient (Wildman–Crippen LogP) is 2.49. The molecule has 0 fully saturated rings. The number of nitrogens with zero attached hydrogens (tertiary/aromatic N) is 2. The molecule has 3 rings (SSSR count). The highest BCUT2D eigenvalue weighted by Crippen LogP contribution is 2.35. The molecule has 0 radical (unpaired) electrons. The molecule has 6 heteroatoms. The molecule has 0 aliphatic heterocycles. The summed E-state index contributed by atoms with van der Waals surface area (Å²) in [5.74, 6) is -0.0837. The molecular formula is C16H15N5S. The fourth-order valence-corrected chi connectivity index (χ4v) is 3.50. The maximum Gasteiger partial charge on any atom is 0.173 e. The molecule has 1 heterocycles. The second kappa shape index (κ2) is 6.11. The van der Waals surface area contributed by atoms with Gasteiger partial charge in [-0.2, -0.15) is 0 Å². The lowest BCUT2D eigenvalue weighted by atomic mass is 10.1. The third-order valence-corrected chi connectivity index (χ3v) is 4.78. The standard InChI is InChI=1S/C16H15N5S/c17-13-8-10(16(18)21-19)4-5-15(13)22-14-3-1-2-11-9-20-7-6-12(11)14/h2,4-9,18-19H,1,3,17H2. The molecule has 1 aromatic carbocycles. The second-order valence-electron chi connectivity index (χ2n) is 4.94. The van der Waals surface area contributed by atoms with Gasteiger partial charge in [0.25, 0.3) is 0 Å². The fourth-order valence-electron chi connectivity index (χ4n) is 2.41. The van der Waals surface area contributed by atoms with Crippen molar-refractivity contribution in [2.24, 2.45) is 5.11 Å². The number of nitrogen functional groups attached to an aromatic ring is 1. The summed E-state index contributed by atoms with van der Waals surface area (Å²) in [5, 5.41) is 13.1. The highest BCUT2D eigenvalue weighted by Gasteiger charge is 2.10. The Morgan fingerprint density at radius 2 is 2.18 bits per heavy atom. The molecule has 0 saturated carbocycles. The minimum absolute atomic E-state index is 0.0837. The lowest BCUT2D eigenvalue weighted by Gasteiger charge is -2.12. The molecule has 110 valence electrons. The van der Waals surface area contributed by atoms with E-state index >= 15 is 0 Å². The summed E-state index contributed by atoms with van der Waals surface area (Å²) in [5.41, 5.74) is 14.2. The van der Waals surface area contributed by atoms with Crippen molar-refractivity contribution in [3.05, 3.63) is 52.7 Å². The van der Waals surface area contributed by atoms with Crippen LogP contribution < -0.4 is 16.2 Å². The average Bonchev–Trinajstić information content (AvgIpc) is 2.56. The van der Waals surface area contributed by atoms with Crippen LogP contribution in [0.15, 0.2) is 46.7 Å². The van der Waals surface area contributed by atoms with Crippen LogP contribution in [0, 0.1) is 10.9 Å². The van der Waals surface area contributed by atoms with Crippen molar-refractivity contribution in [3.63, 3.8) is 0 Å². The number of nitrogens with one attached hydrogen (secondary N) is 2. The molecule has 0 atom stereocenters. The maximum absolute atomic E-state index is 7.56. The number of benzene rings is 1. The second-order valence-corrected chi connectivity index (χ2v) is 6.08. The van der Waals surface area contributed by atoms with Crippen molar-refractivity contribution >= 4 is 34.3 Å². The van der Waals surface area contributed by atoms with E-state index in [2.05, 4.69) is 16.2 Å². The summed E-state index contributed by atoms with van der Waals surface area (Å²) in [6.45, 7) is 0.